The van der Waals surface area contributed by atoms with Gasteiger partial charge in [-0.15, -0.1) is 0 Å². The van der Waals surface area contributed by atoms with Gasteiger partial charge in [-0.2, -0.15) is 0 Å². The molecule has 0 spiro atoms. The Kier molecular flexibility index (Phi) is 5.90. The second kappa shape index (κ2) is 6.72. The summed E-state index contributed by atoms with van der Waals surface area (Å²) in [5.41, 5.74) is 6.37. The Morgan fingerprint density at radius 1 is 1.24 bits per heavy atom. The van der Waals surface area contributed by atoms with Crippen molar-refractivity contribution < 1.29 is 0 Å². The van der Waals surface area contributed by atoms with Gasteiger partial charge in [0.15, 0.2) is 0 Å². The van der Waals surface area contributed by atoms with Crippen LogP contribution in [-0.4, -0.2) is 54.1 Å². The quantitative estimate of drug-likeness (QED) is 0.739. The fourth-order valence-electron chi connectivity index (χ4n) is 3.01. The third kappa shape index (κ3) is 3.43. The molecule has 1 fully saturated rings. The standard InChI is InChI=1S/C14H31N3/c1-5-8-17(9-6-2)14(11-15)7-10-16(12-14)13(3)4/h13H,5-12,15H2,1-4H3. The van der Waals surface area contributed by atoms with E-state index >= 15 is 0 Å². The van der Waals surface area contributed by atoms with Crippen LogP contribution < -0.4 is 5.73 Å². The molecule has 17 heavy (non-hydrogen) atoms. The molecule has 3 nitrogen and oxygen atoms in total. The van der Waals surface area contributed by atoms with Crippen molar-refractivity contribution in [1.82, 2.24) is 9.80 Å². The second-order valence-electron chi connectivity index (χ2n) is 5.73. The molecule has 3 heteroatoms. The average molecular weight is 241 g/mol. The summed E-state index contributed by atoms with van der Waals surface area (Å²) in [6.07, 6.45) is 3.69. The van der Waals surface area contributed by atoms with Crippen LogP contribution in [0.25, 0.3) is 0 Å². The molecule has 2 N–H and O–H groups in total. The molecule has 1 aliphatic heterocycles. The van der Waals surface area contributed by atoms with E-state index in [1.54, 1.807) is 0 Å². The fraction of sp³-hybridized carbons (Fsp3) is 1.00. The van der Waals surface area contributed by atoms with E-state index < -0.39 is 0 Å². The Hall–Kier alpha value is -0.120. The number of hydrogen-bond donors (Lipinski definition) is 1. The molecule has 0 aromatic rings. The molecule has 1 heterocycles. The minimum Gasteiger partial charge on any atom is -0.329 e. The van der Waals surface area contributed by atoms with E-state index in [1.165, 1.54) is 38.9 Å². The van der Waals surface area contributed by atoms with E-state index in [9.17, 15) is 0 Å². The lowest BCUT2D eigenvalue weighted by atomic mass is 9.95. The van der Waals surface area contributed by atoms with Gasteiger partial charge in [-0.1, -0.05) is 13.8 Å². The van der Waals surface area contributed by atoms with Crippen LogP contribution in [-0.2, 0) is 0 Å². The molecule has 0 amide bonds. The van der Waals surface area contributed by atoms with Crippen LogP contribution in [0.3, 0.4) is 0 Å². The molecule has 0 aliphatic carbocycles. The number of nitrogens with two attached hydrogens (primary N) is 1. The number of hydrogen-bond acceptors (Lipinski definition) is 3. The van der Waals surface area contributed by atoms with Crippen LogP contribution >= 0.6 is 0 Å². The summed E-state index contributed by atoms with van der Waals surface area (Å²) in [5.74, 6) is 0. The van der Waals surface area contributed by atoms with E-state index in [0.717, 1.165) is 13.1 Å². The SMILES string of the molecule is CCCN(CCC)C1(CN)CCN(C(C)C)C1. The lowest BCUT2D eigenvalue weighted by Gasteiger charge is -2.41. The van der Waals surface area contributed by atoms with Gasteiger partial charge in [0, 0.05) is 31.2 Å². The van der Waals surface area contributed by atoms with Crippen LogP contribution in [0.2, 0.25) is 0 Å². The van der Waals surface area contributed by atoms with Gasteiger partial charge in [-0.3, -0.25) is 9.80 Å². The molecule has 1 unspecified atom stereocenters. The van der Waals surface area contributed by atoms with Gasteiger partial charge in [0.1, 0.15) is 0 Å². The predicted molar refractivity (Wildman–Crippen MR) is 75.3 cm³/mol. The molecular formula is C14H31N3. The first-order chi connectivity index (χ1) is 8.09. The summed E-state index contributed by atoms with van der Waals surface area (Å²) >= 11 is 0. The van der Waals surface area contributed by atoms with Crippen LogP contribution in [0.4, 0.5) is 0 Å². The molecule has 0 saturated carbocycles. The van der Waals surface area contributed by atoms with Crippen molar-refractivity contribution in [1.29, 1.82) is 0 Å². The maximum atomic E-state index is 6.12. The first-order valence-electron chi connectivity index (χ1n) is 7.28. The Balaban J connectivity index is 2.73. The second-order valence-corrected chi connectivity index (χ2v) is 5.73. The van der Waals surface area contributed by atoms with Crippen molar-refractivity contribution in [2.24, 2.45) is 5.73 Å². The minimum atomic E-state index is 0.246. The number of likely N-dealkylation sites (tertiary alicyclic amines) is 1. The highest BCUT2D eigenvalue weighted by Gasteiger charge is 2.41. The molecular weight excluding hydrogens is 210 g/mol. The first kappa shape index (κ1) is 14.9. The van der Waals surface area contributed by atoms with E-state index in [0.29, 0.717) is 6.04 Å². The van der Waals surface area contributed by atoms with Gasteiger partial charge in [0.05, 0.1) is 0 Å². The maximum absolute atomic E-state index is 6.12. The first-order valence-corrected chi connectivity index (χ1v) is 7.28. The van der Waals surface area contributed by atoms with Crippen molar-refractivity contribution >= 4 is 0 Å². The fourth-order valence-corrected chi connectivity index (χ4v) is 3.01. The van der Waals surface area contributed by atoms with Crippen LogP contribution in [0.5, 0.6) is 0 Å². The van der Waals surface area contributed by atoms with Gasteiger partial charge in [-0.25, -0.2) is 0 Å². The third-order valence-corrected chi connectivity index (χ3v) is 4.13. The molecule has 1 aliphatic rings. The third-order valence-electron chi connectivity index (χ3n) is 4.13. The summed E-state index contributed by atoms with van der Waals surface area (Å²) in [5, 5.41) is 0. The van der Waals surface area contributed by atoms with Crippen LogP contribution in [0.1, 0.15) is 47.0 Å². The summed E-state index contributed by atoms with van der Waals surface area (Å²) in [6.45, 7) is 14.7. The minimum absolute atomic E-state index is 0.246. The molecule has 0 radical (unpaired) electrons. The zero-order chi connectivity index (χ0) is 12.9. The molecule has 1 saturated heterocycles. The summed E-state index contributed by atoms with van der Waals surface area (Å²) < 4.78 is 0. The van der Waals surface area contributed by atoms with Crippen LogP contribution in [0.15, 0.2) is 0 Å². The van der Waals surface area contributed by atoms with E-state index in [-0.39, 0.29) is 5.54 Å². The predicted octanol–water partition coefficient (Wildman–Crippen LogP) is 1.92. The van der Waals surface area contributed by atoms with Gasteiger partial charge in [-0.05, 0) is 46.2 Å². The Bertz CT molecular complexity index is 212. The van der Waals surface area contributed by atoms with Crippen molar-refractivity contribution in [3.05, 3.63) is 0 Å². The van der Waals surface area contributed by atoms with Crippen molar-refractivity contribution in [2.75, 3.05) is 32.7 Å². The van der Waals surface area contributed by atoms with Gasteiger partial charge in [0.2, 0.25) is 0 Å². The molecule has 1 atom stereocenters. The monoisotopic (exact) mass is 241 g/mol. The Labute approximate surface area is 107 Å². The lowest BCUT2D eigenvalue weighted by Crippen LogP contribution is -2.56. The zero-order valence-electron chi connectivity index (χ0n) is 12.2. The normalized spacial score (nSPS) is 26.3. The average Bonchev–Trinajstić information content (AvgIpc) is 2.74. The molecule has 0 aromatic heterocycles. The molecule has 0 bridgehead atoms. The number of rotatable bonds is 7. The van der Waals surface area contributed by atoms with Gasteiger partial charge >= 0.3 is 0 Å². The highest BCUT2D eigenvalue weighted by atomic mass is 15.3. The van der Waals surface area contributed by atoms with Crippen LogP contribution in [0, 0.1) is 0 Å². The largest absolute Gasteiger partial charge is 0.329 e. The zero-order valence-corrected chi connectivity index (χ0v) is 12.2. The van der Waals surface area contributed by atoms with E-state index in [1.807, 2.05) is 0 Å². The summed E-state index contributed by atoms with van der Waals surface area (Å²) in [6, 6.07) is 0.647. The van der Waals surface area contributed by atoms with E-state index in [2.05, 4.69) is 37.5 Å². The summed E-state index contributed by atoms with van der Waals surface area (Å²) in [4.78, 5) is 5.22. The summed E-state index contributed by atoms with van der Waals surface area (Å²) in [7, 11) is 0. The number of nitrogens with zero attached hydrogens (tertiary/aromatic N) is 2. The smallest absolute Gasteiger partial charge is 0.0470 e. The maximum Gasteiger partial charge on any atom is 0.0470 e. The van der Waals surface area contributed by atoms with E-state index in [4.69, 9.17) is 5.73 Å². The Morgan fingerprint density at radius 2 is 1.82 bits per heavy atom. The van der Waals surface area contributed by atoms with Crippen molar-refractivity contribution in [2.45, 2.75) is 58.5 Å². The molecule has 102 valence electrons. The topological polar surface area (TPSA) is 32.5 Å². The Morgan fingerprint density at radius 3 is 2.18 bits per heavy atom. The van der Waals surface area contributed by atoms with Crippen molar-refractivity contribution in [3.63, 3.8) is 0 Å². The lowest BCUT2D eigenvalue weighted by molar-refractivity contribution is 0.0936. The molecule has 1 rings (SSSR count). The highest BCUT2D eigenvalue weighted by Crippen LogP contribution is 2.29. The van der Waals surface area contributed by atoms with Gasteiger partial charge < -0.3 is 5.73 Å². The molecule has 0 aromatic carbocycles. The highest BCUT2D eigenvalue weighted by molar-refractivity contribution is 5.00. The van der Waals surface area contributed by atoms with Crippen molar-refractivity contribution in [3.8, 4) is 0 Å². The van der Waals surface area contributed by atoms with Gasteiger partial charge in [0.25, 0.3) is 0 Å².